The van der Waals surface area contributed by atoms with E-state index in [1.165, 1.54) is 0 Å². The SMILES string of the molecule is CCCNc1cc(C)ncc1C(=O)NCc1cnc[nH]1. The molecule has 2 rings (SSSR count). The summed E-state index contributed by atoms with van der Waals surface area (Å²) >= 11 is 0. The van der Waals surface area contributed by atoms with Crippen LogP contribution in [0.1, 0.15) is 35.1 Å². The smallest absolute Gasteiger partial charge is 0.255 e. The van der Waals surface area contributed by atoms with E-state index in [2.05, 4.69) is 32.5 Å². The summed E-state index contributed by atoms with van der Waals surface area (Å²) in [5.74, 6) is -0.147. The lowest BCUT2D eigenvalue weighted by Crippen LogP contribution is -2.24. The molecule has 0 aliphatic rings. The van der Waals surface area contributed by atoms with Gasteiger partial charge >= 0.3 is 0 Å². The number of nitrogens with zero attached hydrogens (tertiary/aromatic N) is 2. The molecule has 0 aliphatic carbocycles. The third-order valence-corrected chi connectivity index (χ3v) is 2.85. The number of aryl methyl sites for hydroxylation is 1. The highest BCUT2D eigenvalue weighted by molar-refractivity contribution is 5.99. The van der Waals surface area contributed by atoms with E-state index in [1.807, 2.05) is 13.0 Å². The van der Waals surface area contributed by atoms with Crippen molar-refractivity contribution in [3.05, 3.63) is 41.7 Å². The fraction of sp³-hybridized carbons (Fsp3) is 0.357. The van der Waals surface area contributed by atoms with Crippen LogP contribution in [-0.2, 0) is 6.54 Å². The Balaban J connectivity index is 2.07. The molecule has 106 valence electrons. The van der Waals surface area contributed by atoms with Gasteiger partial charge in [-0.2, -0.15) is 0 Å². The first kappa shape index (κ1) is 14.0. The Hall–Kier alpha value is -2.37. The molecular weight excluding hydrogens is 254 g/mol. The average Bonchev–Trinajstić information content (AvgIpc) is 2.96. The molecular formula is C14H19N5O. The van der Waals surface area contributed by atoms with Gasteiger partial charge in [0.15, 0.2) is 0 Å². The molecule has 0 unspecified atom stereocenters. The lowest BCUT2D eigenvalue weighted by atomic mass is 10.2. The van der Waals surface area contributed by atoms with Crippen molar-refractivity contribution in [1.29, 1.82) is 0 Å². The van der Waals surface area contributed by atoms with Crippen molar-refractivity contribution in [2.75, 3.05) is 11.9 Å². The summed E-state index contributed by atoms with van der Waals surface area (Å²) < 4.78 is 0. The summed E-state index contributed by atoms with van der Waals surface area (Å²) in [7, 11) is 0. The number of carbonyl (C=O) groups excluding carboxylic acids is 1. The van der Waals surface area contributed by atoms with Crippen molar-refractivity contribution in [2.24, 2.45) is 0 Å². The molecule has 0 aliphatic heterocycles. The van der Waals surface area contributed by atoms with Crippen LogP contribution in [0.15, 0.2) is 24.8 Å². The molecule has 20 heavy (non-hydrogen) atoms. The third-order valence-electron chi connectivity index (χ3n) is 2.85. The number of amides is 1. The number of pyridine rings is 1. The van der Waals surface area contributed by atoms with Crippen LogP contribution in [0.5, 0.6) is 0 Å². The second kappa shape index (κ2) is 6.70. The molecule has 0 atom stereocenters. The van der Waals surface area contributed by atoms with E-state index >= 15 is 0 Å². The molecule has 2 aromatic rings. The summed E-state index contributed by atoms with van der Waals surface area (Å²) in [6.45, 7) is 5.23. The summed E-state index contributed by atoms with van der Waals surface area (Å²) in [6.07, 6.45) is 5.87. The Kier molecular flexibility index (Phi) is 4.70. The van der Waals surface area contributed by atoms with Gasteiger partial charge in [0.1, 0.15) is 0 Å². The second-order valence-corrected chi connectivity index (χ2v) is 4.56. The van der Waals surface area contributed by atoms with Gasteiger partial charge in [-0.15, -0.1) is 0 Å². The van der Waals surface area contributed by atoms with Crippen LogP contribution >= 0.6 is 0 Å². The van der Waals surface area contributed by atoms with Crippen molar-refractivity contribution >= 4 is 11.6 Å². The average molecular weight is 273 g/mol. The number of aromatic amines is 1. The highest BCUT2D eigenvalue weighted by Crippen LogP contribution is 2.15. The first-order valence-electron chi connectivity index (χ1n) is 6.66. The van der Waals surface area contributed by atoms with Gasteiger partial charge < -0.3 is 15.6 Å². The lowest BCUT2D eigenvalue weighted by molar-refractivity contribution is 0.0951. The van der Waals surface area contributed by atoms with E-state index in [0.29, 0.717) is 12.1 Å². The first-order valence-corrected chi connectivity index (χ1v) is 6.66. The largest absolute Gasteiger partial charge is 0.384 e. The summed E-state index contributed by atoms with van der Waals surface area (Å²) in [5.41, 5.74) is 3.13. The van der Waals surface area contributed by atoms with Crippen LogP contribution < -0.4 is 10.6 Å². The Morgan fingerprint density at radius 3 is 2.95 bits per heavy atom. The lowest BCUT2D eigenvalue weighted by Gasteiger charge is -2.11. The molecule has 1 amide bonds. The van der Waals surface area contributed by atoms with Crippen LogP contribution in [0.4, 0.5) is 5.69 Å². The van der Waals surface area contributed by atoms with Crippen LogP contribution in [0.25, 0.3) is 0 Å². The fourth-order valence-corrected chi connectivity index (χ4v) is 1.80. The summed E-state index contributed by atoms with van der Waals surface area (Å²) in [6, 6.07) is 1.89. The van der Waals surface area contributed by atoms with E-state index < -0.39 is 0 Å². The Morgan fingerprint density at radius 2 is 2.25 bits per heavy atom. The number of anilines is 1. The number of aromatic nitrogens is 3. The van der Waals surface area contributed by atoms with E-state index in [-0.39, 0.29) is 5.91 Å². The predicted molar refractivity (Wildman–Crippen MR) is 77.5 cm³/mol. The normalized spacial score (nSPS) is 10.3. The highest BCUT2D eigenvalue weighted by atomic mass is 16.1. The maximum absolute atomic E-state index is 12.2. The third kappa shape index (κ3) is 3.57. The molecule has 3 N–H and O–H groups in total. The van der Waals surface area contributed by atoms with Gasteiger partial charge in [-0.25, -0.2) is 4.98 Å². The number of hydrogen-bond donors (Lipinski definition) is 3. The zero-order valence-electron chi connectivity index (χ0n) is 11.7. The van der Waals surface area contributed by atoms with Crippen molar-refractivity contribution in [2.45, 2.75) is 26.8 Å². The minimum Gasteiger partial charge on any atom is -0.384 e. The topological polar surface area (TPSA) is 82.7 Å². The quantitative estimate of drug-likeness (QED) is 0.750. The number of rotatable bonds is 6. The molecule has 2 aromatic heterocycles. The second-order valence-electron chi connectivity index (χ2n) is 4.56. The fourth-order valence-electron chi connectivity index (χ4n) is 1.80. The standard InChI is InChI=1S/C14H19N5O/c1-3-4-16-13-5-10(2)17-8-12(13)14(20)18-7-11-6-15-9-19-11/h5-6,8-9H,3-4,7H2,1-2H3,(H,15,19)(H,16,17)(H,18,20). The minimum absolute atomic E-state index is 0.147. The van der Waals surface area contributed by atoms with Gasteiger partial charge in [-0.3, -0.25) is 9.78 Å². The van der Waals surface area contributed by atoms with E-state index in [9.17, 15) is 4.79 Å². The molecule has 6 heteroatoms. The first-order chi connectivity index (χ1) is 9.70. The minimum atomic E-state index is -0.147. The molecule has 2 heterocycles. The van der Waals surface area contributed by atoms with E-state index in [0.717, 1.165) is 30.0 Å². The van der Waals surface area contributed by atoms with Crippen molar-refractivity contribution in [1.82, 2.24) is 20.3 Å². The van der Waals surface area contributed by atoms with Crippen LogP contribution in [-0.4, -0.2) is 27.4 Å². The van der Waals surface area contributed by atoms with Crippen LogP contribution in [0, 0.1) is 6.92 Å². The Labute approximate surface area is 118 Å². The Bertz CT molecular complexity index is 565. The number of H-pyrrole nitrogens is 1. The van der Waals surface area contributed by atoms with Gasteiger partial charge in [0.05, 0.1) is 29.8 Å². The molecule has 0 radical (unpaired) electrons. The number of carbonyl (C=O) groups is 1. The molecule has 6 nitrogen and oxygen atoms in total. The zero-order chi connectivity index (χ0) is 14.4. The van der Waals surface area contributed by atoms with Crippen LogP contribution in [0.3, 0.4) is 0 Å². The maximum atomic E-state index is 12.2. The van der Waals surface area contributed by atoms with Gasteiger partial charge in [0.25, 0.3) is 5.91 Å². The molecule has 0 aromatic carbocycles. The van der Waals surface area contributed by atoms with Gasteiger partial charge in [-0.05, 0) is 19.4 Å². The monoisotopic (exact) mass is 273 g/mol. The maximum Gasteiger partial charge on any atom is 0.255 e. The Morgan fingerprint density at radius 1 is 1.40 bits per heavy atom. The van der Waals surface area contributed by atoms with Gasteiger partial charge in [0.2, 0.25) is 0 Å². The van der Waals surface area contributed by atoms with Gasteiger partial charge in [0, 0.05) is 24.6 Å². The molecule has 0 fully saturated rings. The van der Waals surface area contributed by atoms with Crippen molar-refractivity contribution in [3.8, 4) is 0 Å². The number of imidazole rings is 1. The van der Waals surface area contributed by atoms with E-state index in [1.54, 1.807) is 18.7 Å². The van der Waals surface area contributed by atoms with Crippen LogP contribution in [0.2, 0.25) is 0 Å². The zero-order valence-corrected chi connectivity index (χ0v) is 11.7. The predicted octanol–water partition coefficient (Wildman–Crippen LogP) is 1.87. The highest BCUT2D eigenvalue weighted by Gasteiger charge is 2.12. The van der Waals surface area contributed by atoms with Crippen molar-refractivity contribution in [3.63, 3.8) is 0 Å². The summed E-state index contributed by atoms with van der Waals surface area (Å²) in [4.78, 5) is 23.3. The number of hydrogen-bond acceptors (Lipinski definition) is 4. The van der Waals surface area contributed by atoms with Crippen molar-refractivity contribution < 1.29 is 4.79 Å². The molecule has 0 bridgehead atoms. The van der Waals surface area contributed by atoms with E-state index in [4.69, 9.17) is 0 Å². The molecule has 0 saturated carbocycles. The van der Waals surface area contributed by atoms with Gasteiger partial charge in [-0.1, -0.05) is 6.92 Å². The summed E-state index contributed by atoms with van der Waals surface area (Å²) in [5, 5.41) is 6.10. The molecule has 0 spiro atoms. The molecule has 0 saturated heterocycles. The number of nitrogens with one attached hydrogen (secondary N) is 3.